The van der Waals surface area contributed by atoms with Gasteiger partial charge in [0.15, 0.2) is 0 Å². The van der Waals surface area contributed by atoms with Crippen molar-refractivity contribution in [2.45, 2.75) is 31.6 Å². The number of alkyl halides is 1. The number of para-hydroxylation sites is 1. The Morgan fingerprint density at radius 1 is 1.31 bits per heavy atom. The van der Waals surface area contributed by atoms with E-state index in [0.717, 1.165) is 28.3 Å². The Morgan fingerprint density at radius 2 is 2.06 bits per heavy atom. The minimum Gasteiger partial charge on any atom is -0.492 e. The summed E-state index contributed by atoms with van der Waals surface area (Å²) in [6.07, 6.45) is 5.32. The SMILES string of the molecule is ClCc1cccc(Br)c1OCC1CCCC1. The molecule has 88 valence electrons. The van der Waals surface area contributed by atoms with E-state index in [1.807, 2.05) is 18.2 Å². The van der Waals surface area contributed by atoms with E-state index in [4.69, 9.17) is 16.3 Å². The zero-order chi connectivity index (χ0) is 11.4. The van der Waals surface area contributed by atoms with E-state index >= 15 is 0 Å². The summed E-state index contributed by atoms with van der Waals surface area (Å²) < 4.78 is 6.91. The van der Waals surface area contributed by atoms with Crippen LogP contribution in [-0.2, 0) is 5.88 Å². The molecule has 1 fully saturated rings. The van der Waals surface area contributed by atoms with Crippen molar-refractivity contribution in [3.8, 4) is 5.75 Å². The van der Waals surface area contributed by atoms with Crippen LogP contribution in [-0.4, -0.2) is 6.61 Å². The van der Waals surface area contributed by atoms with Crippen LogP contribution in [0.1, 0.15) is 31.2 Å². The number of hydrogen-bond acceptors (Lipinski definition) is 1. The molecule has 1 aliphatic carbocycles. The summed E-state index contributed by atoms with van der Waals surface area (Å²) in [4.78, 5) is 0. The average molecular weight is 304 g/mol. The van der Waals surface area contributed by atoms with E-state index in [9.17, 15) is 0 Å². The zero-order valence-electron chi connectivity index (χ0n) is 9.22. The van der Waals surface area contributed by atoms with Crippen LogP contribution in [0.25, 0.3) is 0 Å². The molecule has 1 aromatic rings. The normalized spacial score (nSPS) is 16.6. The van der Waals surface area contributed by atoms with Crippen LogP contribution in [0.4, 0.5) is 0 Å². The van der Waals surface area contributed by atoms with Crippen LogP contribution in [0.5, 0.6) is 5.75 Å². The number of benzene rings is 1. The lowest BCUT2D eigenvalue weighted by Gasteiger charge is -2.15. The van der Waals surface area contributed by atoms with E-state index in [2.05, 4.69) is 15.9 Å². The first-order valence-corrected chi connectivity index (χ1v) is 7.10. The largest absolute Gasteiger partial charge is 0.492 e. The third-order valence-corrected chi connectivity index (χ3v) is 4.04. The second-order valence-electron chi connectivity index (χ2n) is 4.32. The topological polar surface area (TPSA) is 9.23 Å². The fourth-order valence-electron chi connectivity index (χ4n) is 2.20. The van der Waals surface area contributed by atoms with Crippen LogP contribution < -0.4 is 4.74 Å². The summed E-state index contributed by atoms with van der Waals surface area (Å²) >= 11 is 9.41. The van der Waals surface area contributed by atoms with Crippen molar-refractivity contribution < 1.29 is 4.74 Å². The maximum Gasteiger partial charge on any atom is 0.137 e. The van der Waals surface area contributed by atoms with Gasteiger partial charge in [-0.25, -0.2) is 0 Å². The minimum absolute atomic E-state index is 0.499. The maximum atomic E-state index is 5.91. The van der Waals surface area contributed by atoms with Crippen LogP contribution >= 0.6 is 27.5 Å². The average Bonchev–Trinajstić information content (AvgIpc) is 2.80. The van der Waals surface area contributed by atoms with Crippen molar-refractivity contribution in [3.63, 3.8) is 0 Å². The number of rotatable bonds is 4. The highest BCUT2D eigenvalue weighted by atomic mass is 79.9. The van der Waals surface area contributed by atoms with E-state index < -0.39 is 0 Å². The second-order valence-corrected chi connectivity index (χ2v) is 5.44. The Morgan fingerprint density at radius 3 is 2.75 bits per heavy atom. The summed E-state index contributed by atoms with van der Waals surface area (Å²) in [5, 5.41) is 0. The molecule has 2 rings (SSSR count). The molecule has 16 heavy (non-hydrogen) atoms. The number of ether oxygens (including phenoxy) is 1. The van der Waals surface area contributed by atoms with E-state index in [1.165, 1.54) is 25.7 Å². The fourth-order valence-corrected chi connectivity index (χ4v) is 2.93. The molecule has 0 heterocycles. The van der Waals surface area contributed by atoms with Crippen molar-refractivity contribution in [2.24, 2.45) is 5.92 Å². The molecule has 1 saturated carbocycles. The highest BCUT2D eigenvalue weighted by molar-refractivity contribution is 9.10. The first kappa shape index (κ1) is 12.3. The second kappa shape index (κ2) is 5.92. The lowest BCUT2D eigenvalue weighted by molar-refractivity contribution is 0.249. The van der Waals surface area contributed by atoms with Crippen molar-refractivity contribution in [3.05, 3.63) is 28.2 Å². The minimum atomic E-state index is 0.499. The highest BCUT2D eigenvalue weighted by Crippen LogP contribution is 2.32. The predicted molar refractivity (Wildman–Crippen MR) is 71.2 cm³/mol. The Labute approximate surface area is 110 Å². The van der Waals surface area contributed by atoms with Gasteiger partial charge in [0.05, 0.1) is 17.0 Å². The summed E-state index contributed by atoms with van der Waals surface area (Å²) in [5.41, 5.74) is 1.06. The standard InChI is InChI=1S/C13H16BrClO/c14-12-7-3-6-11(8-15)13(12)16-9-10-4-1-2-5-10/h3,6-7,10H,1-2,4-5,8-9H2. The molecule has 0 spiro atoms. The van der Waals surface area contributed by atoms with Gasteiger partial charge in [-0.1, -0.05) is 25.0 Å². The molecule has 1 nitrogen and oxygen atoms in total. The van der Waals surface area contributed by atoms with E-state index in [0.29, 0.717) is 5.88 Å². The zero-order valence-corrected chi connectivity index (χ0v) is 11.6. The van der Waals surface area contributed by atoms with E-state index in [-0.39, 0.29) is 0 Å². The molecular weight excluding hydrogens is 287 g/mol. The van der Waals surface area contributed by atoms with Gasteiger partial charge in [0, 0.05) is 5.56 Å². The Hall–Kier alpha value is -0.210. The van der Waals surface area contributed by atoms with Gasteiger partial charge in [0.25, 0.3) is 0 Å². The van der Waals surface area contributed by atoms with Crippen molar-refractivity contribution >= 4 is 27.5 Å². The molecule has 1 aliphatic rings. The van der Waals surface area contributed by atoms with E-state index in [1.54, 1.807) is 0 Å². The third-order valence-electron chi connectivity index (χ3n) is 3.13. The van der Waals surface area contributed by atoms with Gasteiger partial charge < -0.3 is 4.74 Å². The monoisotopic (exact) mass is 302 g/mol. The molecular formula is C13H16BrClO. The van der Waals surface area contributed by atoms with Gasteiger partial charge in [-0.3, -0.25) is 0 Å². The molecule has 0 atom stereocenters. The van der Waals surface area contributed by atoms with Crippen molar-refractivity contribution in [2.75, 3.05) is 6.61 Å². The Balaban J connectivity index is 2.01. The maximum absolute atomic E-state index is 5.91. The van der Waals surface area contributed by atoms with Gasteiger partial charge in [-0.2, -0.15) is 0 Å². The third kappa shape index (κ3) is 2.92. The molecule has 0 radical (unpaired) electrons. The molecule has 0 aliphatic heterocycles. The predicted octanol–water partition coefficient (Wildman–Crippen LogP) is 4.76. The number of hydrogen-bond donors (Lipinski definition) is 0. The highest BCUT2D eigenvalue weighted by Gasteiger charge is 2.17. The molecule has 1 aromatic carbocycles. The summed E-state index contributed by atoms with van der Waals surface area (Å²) in [6.45, 7) is 0.826. The van der Waals surface area contributed by atoms with Crippen LogP contribution in [0.3, 0.4) is 0 Å². The molecule has 0 bridgehead atoms. The number of halogens is 2. The fraction of sp³-hybridized carbons (Fsp3) is 0.538. The smallest absolute Gasteiger partial charge is 0.137 e. The lowest BCUT2D eigenvalue weighted by atomic mass is 10.1. The van der Waals surface area contributed by atoms with Gasteiger partial charge in [0.1, 0.15) is 5.75 Å². The summed E-state index contributed by atoms with van der Waals surface area (Å²) in [6, 6.07) is 6.01. The lowest BCUT2D eigenvalue weighted by Crippen LogP contribution is -2.09. The van der Waals surface area contributed by atoms with Gasteiger partial charge in [-0.15, -0.1) is 11.6 Å². The van der Waals surface area contributed by atoms with Crippen molar-refractivity contribution in [1.82, 2.24) is 0 Å². The Kier molecular flexibility index (Phi) is 4.54. The quantitative estimate of drug-likeness (QED) is 0.729. The molecule has 3 heteroatoms. The van der Waals surface area contributed by atoms with Gasteiger partial charge in [0.2, 0.25) is 0 Å². The van der Waals surface area contributed by atoms with Crippen molar-refractivity contribution in [1.29, 1.82) is 0 Å². The Bertz CT molecular complexity index is 348. The first-order chi connectivity index (χ1) is 7.81. The molecule has 0 aromatic heterocycles. The molecule has 0 unspecified atom stereocenters. The van der Waals surface area contributed by atoms with Gasteiger partial charge >= 0.3 is 0 Å². The summed E-state index contributed by atoms with van der Waals surface area (Å²) in [5.74, 6) is 2.15. The molecule has 0 N–H and O–H groups in total. The van der Waals surface area contributed by atoms with Gasteiger partial charge in [-0.05, 0) is 40.8 Å². The summed E-state index contributed by atoms with van der Waals surface area (Å²) in [7, 11) is 0. The first-order valence-electron chi connectivity index (χ1n) is 5.77. The van der Waals surface area contributed by atoms with Crippen LogP contribution in [0, 0.1) is 5.92 Å². The van der Waals surface area contributed by atoms with Crippen LogP contribution in [0.2, 0.25) is 0 Å². The molecule has 0 saturated heterocycles. The van der Waals surface area contributed by atoms with Crippen LogP contribution in [0.15, 0.2) is 22.7 Å². The molecule has 0 amide bonds.